The van der Waals surface area contributed by atoms with Crippen LogP contribution in [0.5, 0.6) is 11.5 Å². The number of methoxy groups -OCH3 is 2. The van der Waals surface area contributed by atoms with Gasteiger partial charge in [0.2, 0.25) is 0 Å². The molecular weight excluding hydrogens is 230 g/mol. The summed E-state index contributed by atoms with van der Waals surface area (Å²) in [7, 11) is 3.12. The zero-order chi connectivity index (χ0) is 13.1. The van der Waals surface area contributed by atoms with Gasteiger partial charge in [-0.15, -0.1) is 0 Å². The van der Waals surface area contributed by atoms with E-state index in [0.29, 0.717) is 24.3 Å². The third-order valence-electron chi connectivity index (χ3n) is 3.35. The molecule has 4 heteroatoms. The summed E-state index contributed by atoms with van der Waals surface area (Å²) in [6.45, 7) is 0. The molecule has 0 fully saturated rings. The van der Waals surface area contributed by atoms with Gasteiger partial charge in [-0.1, -0.05) is 6.07 Å². The van der Waals surface area contributed by atoms with Gasteiger partial charge in [-0.2, -0.15) is 5.26 Å². The van der Waals surface area contributed by atoms with Crippen LogP contribution in [0.2, 0.25) is 0 Å². The number of ether oxygens (including phenoxy) is 2. The molecular formula is C14H15NO3. The van der Waals surface area contributed by atoms with E-state index in [1.165, 1.54) is 0 Å². The molecule has 0 spiro atoms. The zero-order valence-corrected chi connectivity index (χ0v) is 10.5. The van der Waals surface area contributed by atoms with Crippen molar-refractivity contribution >= 4 is 5.78 Å². The highest BCUT2D eigenvalue weighted by molar-refractivity contribution is 5.89. The van der Waals surface area contributed by atoms with E-state index in [9.17, 15) is 4.79 Å². The molecule has 0 radical (unpaired) electrons. The molecule has 0 aromatic heterocycles. The van der Waals surface area contributed by atoms with Crippen molar-refractivity contribution in [3.8, 4) is 17.6 Å². The highest BCUT2D eigenvalue weighted by Crippen LogP contribution is 2.42. The van der Waals surface area contributed by atoms with Gasteiger partial charge in [0.15, 0.2) is 11.5 Å². The summed E-state index contributed by atoms with van der Waals surface area (Å²) in [5, 5.41) is 8.88. The van der Waals surface area contributed by atoms with Crippen molar-refractivity contribution in [2.24, 2.45) is 0 Å². The molecule has 0 amide bonds. The number of fused-ring (bicyclic) bond motifs is 1. The van der Waals surface area contributed by atoms with Crippen LogP contribution in [-0.2, 0) is 11.2 Å². The molecule has 4 nitrogen and oxygen atoms in total. The maximum absolute atomic E-state index is 12.0. The standard InChI is InChI=1S/C14H15NO3/c1-17-12-6-4-9-3-5-11(16)10(7-8-15)13(9)14(12)18-2/h4,6,10H,3,5,7H2,1-2H3. The largest absolute Gasteiger partial charge is 0.493 e. The summed E-state index contributed by atoms with van der Waals surface area (Å²) in [5.74, 6) is 0.914. The van der Waals surface area contributed by atoms with Gasteiger partial charge in [0.25, 0.3) is 0 Å². The van der Waals surface area contributed by atoms with Crippen LogP contribution in [0.4, 0.5) is 0 Å². The van der Waals surface area contributed by atoms with E-state index in [2.05, 4.69) is 6.07 Å². The second-order valence-corrected chi connectivity index (χ2v) is 4.26. The number of hydrogen-bond acceptors (Lipinski definition) is 4. The molecule has 0 bridgehead atoms. The van der Waals surface area contributed by atoms with Gasteiger partial charge in [-0.05, 0) is 18.1 Å². The van der Waals surface area contributed by atoms with E-state index >= 15 is 0 Å². The third kappa shape index (κ3) is 1.92. The van der Waals surface area contributed by atoms with E-state index in [0.717, 1.165) is 11.1 Å². The second-order valence-electron chi connectivity index (χ2n) is 4.26. The highest BCUT2D eigenvalue weighted by Gasteiger charge is 2.31. The van der Waals surface area contributed by atoms with Gasteiger partial charge in [0.1, 0.15) is 5.78 Å². The first-order chi connectivity index (χ1) is 8.72. The third-order valence-corrected chi connectivity index (χ3v) is 3.35. The Labute approximate surface area is 106 Å². The van der Waals surface area contributed by atoms with Crippen LogP contribution >= 0.6 is 0 Å². The molecule has 18 heavy (non-hydrogen) atoms. The lowest BCUT2D eigenvalue weighted by Gasteiger charge is -2.25. The number of nitrogens with zero attached hydrogens (tertiary/aromatic N) is 1. The van der Waals surface area contributed by atoms with Crippen molar-refractivity contribution in [1.82, 2.24) is 0 Å². The number of rotatable bonds is 3. The summed E-state index contributed by atoms with van der Waals surface area (Å²) in [4.78, 5) is 12.0. The van der Waals surface area contributed by atoms with Crippen molar-refractivity contribution in [3.05, 3.63) is 23.3 Å². The Morgan fingerprint density at radius 3 is 2.72 bits per heavy atom. The molecule has 0 aliphatic heterocycles. The monoisotopic (exact) mass is 245 g/mol. The number of carbonyl (C=O) groups excluding carboxylic acids is 1. The van der Waals surface area contributed by atoms with Gasteiger partial charge in [0.05, 0.1) is 26.2 Å². The Kier molecular flexibility index (Phi) is 3.52. The highest BCUT2D eigenvalue weighted by atomic mass is 16.5. The molecule has 0 heterocycles. The molecule has 1 atom stereocenters. The van der Waals surface area contributed by atoms with Gasteiger partial charge >= 0.3 is 0 Å². The van der Waals surface area contributed by atoms with Crippen molar-refractivity contribution in [2.75, 3.05) is 14.2 Å². The van der Waals surface area contributed by atoms with Gasteiger partial charge in [-0.3, -0.25) is 4.79 Å². The fourth-order valence-corrected chi connectivity index (χ4v) is 2.49. The van der Waals surface area contributed by atoms with Gasteiger partial charge in [-0.25, -0.2) is 0 Å². The summed E-state index contributed by atoms with van der Waals surface area (Å²) in [6, 6.07) is 5.88. The van der Waals surface area contributed by atoms with Gasteiger partial charge in [0, 0.05) is 18.4 Å². The number of aryl methyl sites for hydroxylation is 1. The first kappa shape index (κ1) is 12.4. The zero-order valence-electron chi connectivity index (χ0n) is 10.5. The van der Waals surface area contributed by atoms with Crippen LogP contribution in [0.1, 0.15) is 29.9 Å². The van der Waals surface area contributed by atoms with E-state index < -0.39 is 0 Å². The molecule has 0 saturated carbocycles. The Morgan fingerprint density at radius 2 is 2.11 bits per heavy atom. The fraction of sp³-hybridized carbons (Fsp3) is 0.429. The molecule has 1 unspecified atom stereocenters. The normalized spacial score (nSPS) is 17.8. The minimum Gasteiger partial charge on any atom is -0.493 e. The summed E-state index contributed by atoms with van der Waals surface area (Å²) < 4.78 is 10.6. The van der Waals surface area contributed by atoms with Crippen LogP contribution in [-0.4, -0.2) is 20.0 Å². The average molecular weight is 245 g/mol. The molecule has 1 aliphatic rings. The fourth-order valence-electron chi connectivity index (χ4n) is 2.49. The van der Waals surface area contributed by atoms with Crippen LogP contribution < -0.4 is 9.47 Å². The number of ketones is 1. The number of nitriles is 1. The van der Waals surface area contributed by atoms with Crippen molar-refractivity contribution in [1.29, 1.82) is 5.26 Å². The molecule has 0 saturated heterocycles. The lowest BCUT2D eigenvalue weighted by Crippen LogP contribution is -2.21. The number of benzene rings is 1. The van der Waals surface area contributed by atoms with Crippen LogP contribution in [0.3, 0.4) is 0 Å². The maximum Gasteiger partial charge on any atom is 0.164 e. The van der Waals surface area contributed by atoms with Crippen molar-refractivity contribution < 1.29 is 14.3 Å². The van der Waals surface area contributed by atoms with Crippen molar-refractivity contribution in [2.45, 2.75) is 25.2 Å². The van der Waals surface area contributed by atoms with E-state index in [-0.39, 0.29) is 18.1 Å². The van der Waals surface area contributed by atoms with Crippen molar-refractivity contribution in [3.63, 3.8) is 0 Å². The molecule has 1 aromatic carbocycles. The molecule has 1 aromatic rings. The lowest BCUT2D eigenvalue weighted by molar-refractivity contribution is -0.120. The first-order valence-corrected chi connectivity index (χ1v) is 5.86. The van der Waals surface area contributed by atoms with Crippen LogP contribution in [0, 0.1) is 11.3 Å². The van der Waals surface area contributed by atoms with E-state index in [1.807, 2.05) is 12.1 Å². The molecule has 2 rings (SSSR count). The Balaban J connectivity index is 2.60. The summed E-state index contributed by atoms with van der Waals surface area (Å²) in [5.41, 5.74) is 1.90. The maximum atomic E-state index is 12.0. The smallest absolute Gasteiger partial charge is 0.164 e. The van der Waals surface area contributed by atoms with Crippen LogP contribution in [0.15, 0.2) is 12.1 Å². The minimum atomic E-state index is -0.385. The second kappa shape index (κ2) is 5.09. The molecule has 94 valence electrons. The molecule has 0 N–H and O–H groups in total. The summed E-state index contributed by atoms with van der Waals surface area (Å²) >= 11 is 0. The van der Waals surface area contributed by atoms with E-state index in [4.69, 9.17) is 14.7 Å². The Bertz CT molecular complexity index is 517. The minimum absolute atomic E-state index is 0.107. The predicted octanol–water partition coefficient (Wildman–Crippen LogP) is 2.22. The Morgan fingerprint density at radius 1 is 1.33 bits per heavy atom. The molecule has 1 aliphatic carbocycles. The quantitative estimate of drug-likeness (QED) is 0.819. The van der Waals surface area contributed by atoms with E-state index in [1.54, 1.807) is 14.2 Å². The number of Topliss-reactive ketones (excluding diaryl/α,β-unsaturated/α-hetero) is 1. The lowest BCUT2D eigenvalue weighted by atomic mass is 9.79. The number of carbonyl (C=O) groups is 1. The topological polar surface area (TPSA) is 59.3 Å². The average Bonchev–Trinajstić information content (AvgIpc) is 2.40. The van der Waals surface area contributed by atoms with Crippen LogP contribution in [0.25, 0.3) is 0 Å². The Hall–Kier alpha value is -2.02. The number of hydrogen-bond donors (Lipinski definition) is 0. The van der Waals surface area contributed by atoms with Gasteiger partial charge < -0.3 is 9.47 Å². The predicted molar refractivity (Wildman–Crippen MR) is 65.8 cm³/mol. The first-order valence-electron chi connectivity index (χ1n) is 5.86. The SMILES string of the molecule is COc1ccc2c(c1OC)C(CC#N)C(=O)CC2. The summed E-state index contributed by atoms with van der Waals surface area (Å²) in [6.07, 6.45) is 1.39.